The molecule has 0 saturated heterocycles. The number of halogens is 2. The van der Waals surface area contributed by atoms with Crippen LogP contribution in [0, 0.1) is 17.7 Å². The molecule has 0 aliphatic carbocycles. The van der Waals surface area contributed by atoms with Gasteiger partial charge in [0.2, 0.25) is 0 Å². The molecule has 0 bridgehead atoms. The van der Waals surface area contributed by atoms with E-state index in [1.165, 1.54) is 12.1 Å². The number of carbonyl (C=O) groups excluding carboxylic acids is 1. The Morgan fingerprint density at radius 1 is 1.53 bits per heavy atom. The van der Waals surface area contributed by atoms with Gasteiger partial charge in [0, 0.05) is 17.0 Å². The predicted molar refractivity (Wildman–Crippen MR) is 58.2 cm³/mol. The number of hydrogen-bond acceptors (Lipinski definition) is 1. The highest BCUT2D eigenvalue weighted by Gasteiger charge is 2.10. The van der Waals surface area contributed by atoms with Crippen LogP contribution < -0.4 is 0 Å². The molecule has 0 amide bonds. The molecule has 0 radical (unpaired) electrons. The summed E-state index contributed by atoms with van der Waals surface area (Å²) in [6.07, 6.45) is 0.140. The first-order valence-corrected chi connectivity index (χ1v) is 4.87. The maximum absolute atomic E-state index is 13.3. The average molecular weight is 225 g/mol. The lowest BCUT2D eigenvalue weighted by atomic mass is 10.1. The van der Waals surface area contributed by atoms with Crippen molar-refractivity contribution in [1.82, 2.24) is 0 Å². The maximum Gasteiger partial charge on any atom is 0.149 e. The van der Waals surface area contributed by atoms with Crippen LogP contribution in [0.4, 0.5) is 4.39 Å². The highest BCUT2D eigenvalue weighted by atomic mass is 35.5. The third-order valence-electron chi connectivity index (χ3n) is 1.90. The van der Waals surface area contributed by atoms with Crippen molar-refractivity contribution in [3.63, 3.8) is 0 Å². The van der Waals surface area contributed by atoms with E-state index in [-0.39, 0.29) is 29.2 Å². The van der Waals surface area contributed by atoms with Crippen molar-refractivity contribution in [3.05, 3.63) is 34.6 Å². The molecule has 3 heteroatoms. The van der Waals surface area contributed by atoms with Gasteiger partial charge in [0.05, 0.1) is 6.42 Å². The fourth-order valence-electron chi connectivity index (χ4n) is 1.15. The number of benzene rings is 1. The fraction of sp³-hybridized carbons (Fsp3) is 0.250. The lowest BCUT2D eigenvalue weighted by molar-refractivity contribution is -0.117. The number of Topliss-reactive ketones (excluding diaryl/α,β-unsaturated/α-hetero) is 1. The standard InChI is InChI=1S/C12H10ClFO/c1-2-3-5-9(15)8-10-11(13)6-4-7-12(10)14/h4,6-7H,5,8H2,1H3. The third kappa shape index (κ3) is 3.38. The van der Waals surface area contributed by atoms with Gasteiger partial charge >= 0.3 is 0 Å². The smallest absolute Gasteiger partial charge is 0.149 e. The predicted octanol–water partition coefficient (Wildman–Crippen LogP) is 3.00. The Balaban J connectivity index is 2.79. The van der Waals surface area contributed by atoms with Crippen molar-refractivity contribution < 1.29 is 9.18 Å². The Labute approximate surface area is 93.3 Å². The molecule has 0 N–H and O–H groups in total. The van der Waals surface area contributed by atoms with Crippen LogP contribution in [0.2, 0.25) is 5.02 Å². The van der Waals surface area contributed by atoms with Gasteiger partial charge in [0.1, 0.15) is 11.6 Å². The lowest BCUT2D eigenvalue weighted by Gasteiger charge is -2.03. The number of hydrogen-bond donors (Lipinski definition) is 0. The van der Waals surface area contributed by atoms with Crippen LogP contribution in [0.3, 0.4) is 0 Å². The molecule has 0 aliphatic heterocycles. The molecular formula is C12H10ClFO. The molecule has 1 aromatic carbocycles. The van der Waals surface area contributed by atoms with Crippen LogP contribution in [0.25, 0.3) is 0 Å². The summed E-state index contributed by atoms with van der Waals surface area (Å²) in [6.45, 7) is 1.66. The van der Waals surface area contributed by atoms with Gasteiger partial charge in [-0.25, -0.2) is 4.39 Å². The summed E-state index contributed by atoms with van der Waals surface area (Å²) in [5, 5.41) is 0.285. The molecule has 15 heavy (non-hydrogen) atoms. The van der Waals surface area contributed by atoms with E-state index in [0.717, 1.165) is 0 Å². The van der Waals surface area contributed by atoms with Gasteiger partial charge in [-0.15, -0.1) is 5.92 Å². The largest absolute Gasteiger partial charge is 0.298 e. The Kier molecular flexibility index (Phi) is 4.33. The fourth-order valence-corrected chi connectivity index (χ4v) is 1.38. The molecule has 0 heterocycles. The monoisotopic (exact) mass is 224 g/mol. The summed E-state index contributed by atoms with van der Waals surface area (Å²) in [6, 6.07) is 4.37. The van der Waals surface area contributed by atoms with Gasteiger partial charge in [-0.2, -0.15) is 0 Å². The molecule has 1 aromatic rings. The lowest BCUT2D eigenvalue weighted by Crippen LogP contribution is -2.04. The SMILES string of the molecule is CC#CCC(=O)Cc1c(F)cccc1Cl. The van der Waals surface area contributed by atoms with Crippen LogP contribution in [-0.4, -0.2) is 5.78 Å². The second-order valence-corrected chi connectivity index (χ2v) is 3.43. The summed E-state index contributed by atoms with van der Waals surface area (Å²) in [7, 11) is 0. The van der Waals surface area contributed by atoms with Crippen molar-refractivity contribution in [1.29, 1.82) is 0 Å². The Hall–Kier alpha value is -1.33. The topological polar surface area (TPSA) is 17.1 Å². The third-order valence-corrected chi connectivity index (χ3v) is 2.25. The van der Waals surface area contributed by atoms with Crippen LogP contribution >= 0.6 is 11.6 Å². The molecular weight excluding hydrogens is 215 g/mol. The highest BCUT2D eigenvalue weighted by Crippen LogP contribution is 2.19. The molecule has 0 spiro atoms. The van der Waals surface area contributed by atoms with Crippen molar-refractivity contribution in [3.8, 4) is 11.8 Å². The van der Waals surface area contributed by atoms with E-state index in [9.17, 15) is 9.18 Å². The van der Waals surface area contributed by atoms with Crippen molar-refractivity contribution in [2.24, 2.45) is 0 Å². The van der Waals surface area contributed by atoms with Gasteiger partial charge < -0.3 is 0 Å². The number of carbonyl (C=O) groups is 1. The van der Waals surface area contributed by atoms with E-state index >= 15 is 0 Å². The normalized spacial score (nSPS) is 9.27. The molecule has 0 fully saturated rings. The molecule has 0 atom stereocenters. The summed E-state index contributed by atoms with van der Waals surface area (Å²) in [5.74, 6) is 4.69. The van der Waals surface area contributed by atoms with E-state index in [2.05, 4.69) is 11.8 Å². The van der Waals surface area contributed by atoms with Gasteiger partial charge in [-0.1, -0.05) is 23.6 Å². The van der Waals surface area contributed by atoms with E-state index in [0.29, 0.717) is 0 Å². The van der Waals surface area contributed by atoms with Crippen LogP contribution in [0.15, 0.2) is 18.2 Å². The van der Waals surface area contributed by atoms with Crippen LogP contribution in [-0.2, 0) is 11.2 Å². The number of rotatable bonds is 3. The van der Waals surface area contributed by atoms with Crippen molar-refractivity contribution in [2.45, 2.75) is 19.8 Å². The van der Waals surface area contributed by atoms with Crippen molar-refractivity contribution in [2.75, 3.05) is 0 Å². The van der Waals surface area contributed by atoms with Crippen molar-refractivity contribution >= 4 is 17.4 Å². The van der Waals surface area contributed by atoms with Gasteiger partial charge in [-0.3, -0.25) is 4.79 Å². The molecule has 0 aliphatic rings. The first kappa shape index (κ1) is 11.7. The molecule has 78 valence electrons. The van der Waals surface area contributed by atoms with Gasteiger partial charge in [0.15, 0.2) is 0 Å². The van der Waals surface area contributed by atoms with E-state index in [1.807, 2.05) is 0 Å². The molecule has 0 aromatic heterocycles. The second-order valence-electron chi connectivity index (χ2n) is 3.02. The summed E-state index contributed by atoms with van der Waals surface area (Å²) in [5.41, 5.74) is 0.252. The average Bonchev–Trinajstić information content (AvgIpc) is 2.21. The quantitative estimate of drug-likeness (QED) is 0.722. The minimum atomic E-state index is -0.444. The maximum atomic E-state index is 13.3. The zero-order valence-electron chi connectivity index (χ0n) is 8.31. The van der Waals surface area contributed by atoms with E-state index < -0.39 is 5.82 Å². The Bertz CT molecular complexity index is 409. The molecule has 0 unspecified atom stereocenters. The second kappa shape index (κ2) is 5.53. The zero-order valence-corrected chi connectivity index (χ0v) is 9.07. The van der Waals surface area contributed by atoms with E-state index in [4.69, 9.17) is 11.6 Å². The summed E-state index contributed by atoms with van der Waals surface area (Å²) >= 11 is 5.78. The minimum Gasteiger partial charge on any atom is -0.298 e. The molecule has 1 nitrogen and oxygen atoms in total. The Morgan fingerprint density at radius 3 is 2.87 bits per heavy atom. The highest BCUT2D eigenvalue weighted by molar-refractivity contribution is 6.31. The first-order chi connectivity index (χ1) is 7.15. The molecule has 1 rings (SSSR count). The molecule has 0 saturated carbocycles. The van der Waals surface area contributed by atoms with Gasteiger partial charge in [0.25, 0.3) is 0 Å². The van der Waals surface area contributed by atoms with Crippen LogP contribution in [0.1, 0.15) is 18.9 Å². The first-order valence-electron chi connectivity index (χ1n) is 4.49. The van der Waals surface area contributed by atoms with Gasteiger partial charge in [-0.05, 0) is 19.1 Å². The summed E-state index contributed by atoms with van der Waals surface area (Å²) < 4.78 is 13.3. The Morgan fingerprint density at radius 2 is 2.27 bits per heavy atom. The summed E-state index contributed by atoms with van der Waals surface area (Å²) in [4.78, 5) is 11.3. The number of ketones is 1. The zero-order chi connectivity index (χ0) is 11.3. The minimum absolute atomic E-state index is 0.000185. The van der Waals surface area contributed by atoms with Crippen LogP contribution in [0.5, 0.6) is 0 Å². The van der Waals surface area contributed by atoms with E-state index in [1.54, 1.807) is 13.0 Å².